The zero-order valence-electron chi connectivity index (χ0n) is 19.5. The second-order valence-corrected chi connectivity index (χ2v) is 7.75. The third-order valence-electron chi connectivity index (χ3n) is 5.69. The van der Waals surface area contributed by atoms with Gasteiger partial charge in [-0.2, -0.15) is 0 Å². The van der Waals surface area contributed by atoms with Crippen LogP contribution in [0.3, 0.4) is 0 Å². The van der Waals surface area contributed by atoms with Gasteiger partial charge in [-0.1, -0.05) is 43.3 Å². The fourth-order valence-electron chi connectivity index (χ4n) is 3.90. The Hall–Kier alpha value is -4.59. The first-order chi connectivity index (χ1) is 16.9. The summed E-state index contributed by atoms with van der Waals surface area (Å²) in [7, 11) is 2.81. The number of aryl methyl sites for hydroxylation is 1. The molecule has 1 aromatic heterocycles. The molecular formula is C27H24N2O6. The maximum Gasteiger partial charge on any atom is 0.291 e. The molecule has 1 heterocycles. The molecule has 0 unspecified atom stereocenters. The number of para-hydroxylation sites is 1. The van der Waals surface area contributed by atoms with Crippen LogP contribution in [0.25, 0.3) is 22.1 Å². The first-order valence-corrected chi connectivity index (χ1v) is 10.9. The molecule has 0 saturated carbocycles. The molecule has 0 bridgehead atoms. The van der Waals surface area contributed by atoms with Gasteiger partial charge in [0.15, 0.2) is 22.7 Å². The number of nitrogens with one attached hydrogen (secondary N) is 1. The van der Waals surface area contributed by atoms with E-state index in [0.717, 1.165) is 18.1 Å². The van der Waals surface area contributed by atoms with E-state index in [1.165, 1.54) is 14.2 Å². The summed E-state index contributed by atoms with van der Waals surface area (Å²) in [5.74, 6) is -1.43. The number of amides is 2. The number of anilines is 1. The molecule has 0 radical (unpaired) electrons. The standard InChI is InChI=1S/C27H24N2O6/c1-4-15-9-11-16(12-10-15)18-13-21(33-2)25(34-3)23(26(28)31)24(18)29-27(32)22-14-19(30)17-7-5-6-8-20(17)35-22/h5-14H,4H2,1-3H3,(H2,28,31)(H,29,32). The van der Waals surface area contributed by atoms with Crippen LogP contribution in [0.2, 0.25) is 0 Å². The van der Waals surface area contributed by atoms with Crippen molar-refractivity contribution in [1.29, 1.82) is 0 Å². The van der Waals surface area contributed by atoms with E-state index < -0.39 is 11.8 Å². The van der Waals surface area contributed by atoms with Crippen LogP contribution < -0.4 is 26.0 Å². The van der Waals surface area contributed by atoms with Crippen molar-refractivity contribution < 1.29 is 23.5 Å². The lowest BCUT2D eigenvalue weighted by atomic mass is 9.96. The summed E-state index contributed by atoms with van der Waals surface area (Å²) < 4.78 is 16.5. The third kappa shape index (κ3) is 4.46. The normalized spacial score (nSPS) is 10.7. The highest BCUT2D eigenvalue weighted by molar-refractivity contribution is 6.13. The van der Waals surface area contributed by atoms with Crippen LogP contribution in [0, 0.1) is 0 Å². The van der Waals surface area contributed by atoms with Crippen LogP contribution in [0.4, 0.5) is 5.69 Å². The van der Waals surface area contributed by atoms with E-state index in [0.29, 0.717) is 16.5 Å². The number of carbonyl (C=O) groups excluding carboxylic acids is 2. The van der Waals surface area contributed by atoms with Crippen molar-refractivity contribution in [3.8, 4) is 22.6 Å². The molecular weight excluding hydrogens is 448 g/mol. The highest BCUT2D eigenvalue weighted by atomic mass is 16.5. The highest BCUT2D eigenvalue weighted by Crippen LogP contribution is 2.43. The van der Waals surface area contributed by atoms with Gasteiger partial charge in [0.25, 0.3) is 11.8 Å². The monoisotopic (exact) mass is 472 g/mol. The average Bonchev–Trinajstić information content (AvgIpc) is 2.87. The fraction of sp³-hybridized carbons (Fsp3) is 0.148. The predicted molar refractivity (Wildman–Crippen MR) is 133 cm³/mol. The summed E-state index contributed by atoms with van der Waals surface area (Å²) in [6.45, 7) is 2.04. The Morgan fingerprint density at radius 1 is 1.00 bits per heavy atom. The number of methoxy groups -OCH3 is 2. The van der Waals surface area contributed by atoms with E-state index in [-0.39, 0.29) is 39.5 Å². The molecule has 0 aliphatic rings. The number of hydrogen-bond acceptors (Lipinski definition) is 6. The van der Waals surface area contributed by atoms with Crippen molar-refractivity contribution in [3.05, 3.63) is 87.8 Å². The van der Waals surface area contributed by atoms with E-state index >= 15 is 0 Å². The molecule has 8 heteroatoms. The summed E-state index contributed by atoms with van der Waals surface area (Å²) in [6.07, 6.45) is 0.851. The van der Waals surface area contributed by atoms with Crippen molar-refractivity contribution in [2.75, 3.05) is 19.5 Å². The molecule has 0 spiro atoms. The Morgan fingerprint density at radius 3 is 2.34 bits per heavy atom. The second kappa shape index (κ2) is 9.72. The molecule has 3 N–H and O–H groups in total. The summed E-state index contributed by atoms with van der Waals surface area (Å²) >= 11 is 0. The van der Waals surface area contributed by atoms with Crippen LogP contribution in [0.5, 0.6) is 11.5 Å². The molecule has 8 nitrogen and oxygen atoms in total. The smallest absolute Gasteiger partial charge is 0.291 e. The summed E-state index contributed by atoms with van der Waals surface area (Å²) in [6, 6.07) is 17.0. The average molecular weight is 472 g/mol. The predicted octanol–water partition coefficient (Wildman–Crippen LogP) is 4.39. The minimum atomic E-state index is -0.831. The minimum absolute atomic E-state index is 0.0714. The molecule has 3 aromatic carbocycles. The molecule has 0 aliphatic heterocycles. The van der Waals surface area contributed by atoms with Crippen molar-refractivity contribution in [2.45, 2.75) is 13.3 Å². The van der Waals surface area contributed by atoms with Gasteiger partial charge < -0.3 is 24.9 Å². The lowest BCUT2D eigenvalue weighted by Gasteiger charge is -2.20. The van der Waals surface area contributed by atoms with Crippen molar-refractivity contribution in [1.82, 2.24) is 0 Å². The molecule has 4 rings (SSSR count). The van der Waals surface area contributed by atoms with Gasteiger partial charge >= 0.3 is 0 Å². The maximum absolute atomic E-state index is 13.3. The topological polar surface area (TPSA) is 121 Å². The van der Waals surface area contributed by atoms with Crippen LogP contribution >= 0.6 is 0 Å². The van der Waals surface area contributed by atoms with Gasteiger partial charge in [-0.3, -0.25) is 14.4 Å². The SMILES string of the molecule is CCc1ccc(-c2cc(OC)c(OC)c(C(N)=O)c2NC(=O)c2cc(=O)c3ccccc3o2)cc1. The Bertz CT molecular complexity index is 1490. The number of primary amides is 1. The molecule has 0 saturated heterocycles. The molecule has 178 valence electrons. The van der Waals surface area contributed by atoms with Gasteiger partial charge in [-0.05, 0) is 35.7 Å². The fourth-order valence-corrected chi connectivity index (χ4v) is 3.90. The van der Waals surface area contributed by atoms with Gasteiger partial charge in [0.1, 0.15) is 11.1 Å². The molecule has 35 heavy (non-hydrogen) atoms. The van der Waals surface area contributed by atoms with Gasteiger partial charge in [0.05, 0.1) is 25.3 Å². The van der Waals surface area contributed by atoms with Gasteiger partial charge in [0, 0.05) is 11.6 Å². The number of rotatable bonds is 7. The third-order valence-corrected chi connectivity index (χ3v) is 5.69. The van der Waals surface area contributed by atoms with Crippen molar-refractivity contribution in [3.63, 3.8) is 0 Å². The number of fused-ring (bicyclic) bond motifs is 1. The largest absolute Gasteiger partial charge is 0.493 e. The molecule has 0 aliphatic carbocycles. The second-order valence-electron chi connectivity index (χ2n) is 7.75. The molecule has 2 amide bonds. The molecule has 4 aromatic rings. The number of hydrogen-bond donors (Lipinski definition) is 2. The number of benzene rings is 3. The number of ether oxygens (including phenoxy) is 2. The lowest BCUT2D eigenvalue weighted by Crippen LogP contribution is -2.21. The van der Waals surface area contributed by atoms with Gasteiger partial charge in [-0.15, -0.1) is 0 Å². The zero-order valence-corrected chi connectivity index (χ0v) is 19.5. The first-order valence-electron chi connectivity index (χ1n) is 10.9. The summed E-state index contributed by atoms with van der Waals surface area (Å²) in [4.78, 5) is 38.3. The highest BCUT2D eigenvalue weighted by Gasteiger charge is 2.26. The Balaban J connectivity index is 1.91. The van der Waals surface area contributed by atoms with Crippen LogP contribution in [0.15, 0.2) is 69.9 Å². The quantitative estimate of drug-likeness (QED) is 0.412. The van der Waals surface area contributed by atoms with E-state index in [9.17, 15) is 14.4 Å². The van der Waals surface area contributed by atoms with Gasteiger partial charge in [0.2, 0.25) is 0 Å². The maximum atomic E-state index is 13.3. The van der Waals surface area contributed by atoms with Gasteiger partial charge in [-0.25, -0.2) is 0 Å². The molecule has 0 atom stereocenters. The number of nitrogens with two attached hydrogens (primary N) is 1. The lowest BCUT2D eigenvalue weighted by molar-refractivity contribution is 0.0997. The Morgan fingerprint density at radius 2 is 1.71 bits per heavy atom. The Kier molecular flexibility index (Phi) is 6.55. The van der Waals surface area contributed by atoms with Crippen LogP contribution in [-0.2, 0) is 6.42 Å². The first kappa shape index (κ1) is 23.6. The summed E-state index contributed by atoms with van der Waals surface area (Å²) in [5.41, 5.74) is 7.97. The van der Waals surface area contributed by atoms with Crippen molar-refractivity contribution in [2.24, 2.45) is 5.73 Å². The minimum Gasteiger partial charge on any atom is -0.493 e. The van der Waals surface area contributed by atoms with E-state index in [1.807, 2.05) is 31.2 Å². The van der Waals surface area contributed by atoms with Crippen LogP contribution in [-0.4, -0.2) is 26.0 Å². The number of carbonyl (C=O) groups is 2. The van der Waals surface area contributed by atoms with E-state index in [4.69, 9.17) is 19.6 Å². The van der Waals surface area contributed by atoms with E-state index in [1.54, 1.807) is 30.3 Å². The van der Waals surface area contributed by atoms with E-state index in [2.05, 4.69) is 5.32 Å². The van der Waals surface area contributed by atoms with Crippen molar-refractivity contribution >= 4 is 28.5 Å². The summed E-state index contributed by atoms with van der Waals surface area (Å²) in [5, 5.41) is 3.07. The van der Waals surface area contributed by atoms with Crippen LogP contribution in [0.1, 0.15) is 33.4 Å². The molecule has 0 fully saturated rings. The Labute approximate surface area is 201 Å². The zero-order chi connectivity index (χ0) is 25.1.